The third-order valence-corrected chi connectivity index (χ3v) is 12.0. The fraction of sp³-hybridized carbons (Fsp3) is 0.429. The van der Waals surface area contributed by atoms with Crippen molar-refractivity contribution in [2.24, 2.45) is 0 Å². The van der Waals surface area contributed by atoms with Gasteiger partial charge in [0, 0.05) is 35.9 Å². The number of benzene rings is 2. The lowest BCUT2D eigenvalue weighted by molar-refractivity contribution is -0.274. The van der Waals surface area contributed by atoms with E-state index in [1.807, 2.05) is 6.07 Å². The van der Waals surface area contributed by atoms with Gasteiger partial charge in [-0.25, -0.2) is 4.98 Å². The molecule has 2 atom stereocenters. The summed E-state index contributed by atoms with van der Waals surface area (Å²) in [5, 5.41) is 6.64. The Hall–Kier alpha value is -2.63. The minimum Gasteiger partial charge on any atom is -0.414 e. The van der Waals surface area contributed by atoms with Crippen LogP contribution in [0.15, 0.2) is 42.6 Å². The van der Waals surface area contributed by atoms with Gasteiger partial charge in [-0.3, -0.25) is 4.90 Å². The van der Waals surface area contributed by atoms with Gasteiger partial charge < -0.3 is 24.4 Å². The van der Waals surface area contributed by atoms with Crippen molar-refractivity contribution in [2.45, 2.75) is 50.2 Å². The molecule has 1 unspecified atom stereocenters. The zero-order valence-corrected chi connectivity index (χ0v) is 25.8. The van der Waals surface area contributed by atoms with Gasteiger partial charge in [0.1, 0.15) is 17.9 Å². The summed E-state index contributed by atoms with van der Waals surface area (Å²) in [6.45, 7) is 3.83. The zero-order valence-electron chi connectivity index (χ0n) is 23.2. The molecule has 1 radical (unpaired) electrons. The van der Waals surface area contributed by atoms with Crippen LogP contribution in [0, 0.1) is 0 Å². The second kappa shape index (κ2) is 11.5. The van der Waals surface area contributed by atoms with Crippen LogP contribution in [0.5, 0.6) is 5.75 Å². The Morgan fingerprint density at radius 2 is 1.88 bits per heavy atom. The van der Waals surface area contributed by atoms with Crippen molar-refractivity contribution in [1.82, 2.24) is 14.9 Å². The van der Waals surface area contributed by atoms with Gasteiger partial charge >= 0.3 is 6.36 Å². The summed E-state index contributed by atoms with van der Waals surface area (Å²) in [6, 6.07) is 12.4. The second-order valence-electron chi connectivity index (χ2n) is 11.3. The summed E-state index contributed by atoms with van der Waals surface area (Å²) < 4.78 is 61.2. The number of hydrogen-bond acceptors (Lipinski definition) is 8. The molecule has 3 aromatic rings. The summed E-state index contributed by atoms with van der Waals surface area (Å²) in [6.07, 6.45) is 2.05. The fourth-order valence-electron chi connectivity index (χ4n) is 6.01. The molecule has 8 nitrogen and oxygen atoms in total. The number of alkyl halides is 3. The van der Waals surface area contributed by atoms with Gasteiger partial charge in [0.25, 0.3) is 0 Å². The number of ether oxygens (including phenoxy) is 1. The maximum absolute atomic E-state index is 12.9. The van der Waals surface area contributed by atoms with Gasteiger partial charge in [-0.1, -0.05) is 17.7 Å². The largest absolute Gasteiger partial charge is 0.573 e. The minimum absolute atomic E-state index is 0.175. The number of hydrogen-bond donors (Lipinski definition) is 2. The number of fused-ring (bicyclic) bond motifs is 3. The molecule has 2 aliphatic heterocycles. The molecule has 42 heavy (non-hydrogen) atoms. The number of halogens is 4. The molecule has 1 aromatic heterocycles. The van der Waals surface area contributed by atoms with Crippen molar-refractivity contribution in [3.63, 3.8) is 0 Å². The van der Waals surface area contributed by atoms with Crippen LogP contribution in [0.3, 0.4) is 0 Å². The van der Waals surface area contributed by atoms with E-state index in [0.29, 0.717) is 23.7 Å². The topological polar surface area (TPSA) is 88.6 Å². The maximum atomic E-state index is 12.9. The van der Waals surface area contributed by atoms with Crippen LogP contribution in [-0.4, -0.2) is 68.5 Å². The third-order valence-electron chi connectivity index (χ3n) is 7.98. The predicted octanol–water partition coefficient (Wildman–Crippen LogP) is 6.26. The molecule has 3 aliphatic rings. The van der Waals surface area contributed by atoms with Crippen LogP contribution in [0.4, 0.5) is 36.3 Å². The molecule has 14 heteroatoms. The Morgan fingerprint density at radius 3 is 2.57 bits per heavy atom. The number of rotatable bonds is 7. The van der Waals surface area contributed by atoms with Crippen LogP contribution in [0.25, 0.3) is 0 Å². The number of aryl methyl sites for hydroxylation is 2. The fourth-order valence-corrected chi connectivity index (χ4v) is 9.86. The number of anilines is 4. The van der Waals surface area contributed by atoms with E-state index in [9.17, 15) is 17.7 Å². The van der Waals surface area contributed by atoms with Crippen LogP contribution in [0.2, 0.25) is 11.1 Å². The van der Waals surface area contributed by atoms with Gasteiger partial charge in [-0.15, -0.1) is 13.2 Å². The molecule has 2 aromatic carbocycles. The first-order chi connectivity index (χ1) is 19.9. The van der Waals surface area contributed by atoms with Gasteiger partial charge in [-0.2, -0.15) is 4.98 Å². The minimum atomic E-state index is -4.87. The van der Waals surface area contributed by atoms with Gasteiger partial charge in [0.05, 0.1) is 11.9 Å². The Morgan fingerprint density at radius 1 is 1.10 bits per heavy atom. The normalized spacial score (nSPS) is 21.2. The lowest BCUT2D eigenvalue weighted by Crippen LogP contribution is -2.45. The third kappa shape index (κ3) is 6.63. The average Bonchev–Trinajstić information content (AvgIpc) is 3.49. The van der Waals surface area contributed by atoms with E-state index in [2.05, 4.69) is 42.4 Å². The molecule has 0 amide bonds. The first-order valence-corrected chi connectivity index (χ1v) is 18.6. The second-order valence-corrected chi connectivity index (χ2v) is 17.0. The van der Waals surface area contributed by atoms with Gasteiger partial charge in [0.2, 0.25) is 15.0 Å². The van der Waals surface area contributed by atoms with Crippen molar-refractivity contribution in [3.05, 3.63) is 58.7 Å². The SMILES string of the molecule is CP(C)(=O)c1cc(OC(F)(F)F)ccc1Nc1nc(Nc2ccc3c(c2)CCC(N2C[Si]4C[C@H]2CO4)CC3)ncc1Cl. The zero-order chi connectivity index (χ0) is 29.6. The lowest BCUT2D eigenvalue weighted by atomic mass is 10.0. The van der Waals surface area contributed by atoms with Crippen molar-refractivity contribution < 1.29 is 26.9 Å². The Balaban J connectivity index is 1.17. The Labute approximate surface area is 249 Å². The van der Waals surface area contributed by atoms with Gasteiger partial charge in [0.15, 0.2) is 5.82 Å². The van der Waals surface area contributed by atoms with Crippen LogP contribution in [-0.2, 0) is 21.8 Å². The van der Waals surface area contributed by atoms with Crippen molar-refractivity contribution in [3.8, 4) is 5.75 Å². The molecule has 1 aliphatic carbocycles. The average molecular weight is 637 g/mol. The summed E-state index contributed by atoms with van der Waals surface area (Å²) in [4.78, 5) is 11.5. The molecule has 2 N–H and O–H groups in total. The van der Waals surface area contributed by atoms with Crippen LogP contribution < -0.4 is 20.7 Å². The maximum Gasteiger partial charge on any atom is 0.573 e. The lowest BCUT2D eigenvalue weighted by Gasteiger charge is -2.34. The van der Waals surface area contributed by atoms with E-state index in [1.165, 1.54) is 42.8 Å². The number of aromatic nitrogens is 2. The molecule has 0 saturated carbocycles. The van der Waals surface area contributed by atoms with Gasteiger partial charge in [-0.05, 0) is 86.5 Å². The predicted molar refractivity (Wildman–Crippen MR) is 160 cm³/mol. The highest BCUT2D eigenvalue weighted by Crippen LogP contribution is 2.41. The Kier molecular flexibility index (Phi) is 8.03. The molecule has 2 fully saturated rings. The van der Waals surface area contributed by atoms with E-state index in [0.717, 1.165) is 56.3 Å². The van der Waals surface area contributed by atoms with E-state index in [-0.39, 0.29) is 16.1 Å². The Bertz CT molecular complexity index is 1540. The summed E-state index contributed by atoms with van der Waals surface area (Å²) in [7, 11) is -3.63. The standard InChI is InChI=1S/C28H31ClF3N5O3PSi/c1-41(2,38)25-12-22(40-28(30,31)32)9-10-24(25)35-26-23(29)13-33-27(36-26)34-19-6-3-17-4-7-20(8-5-18(17)11-19)37-16-42-15-21(37)14-39-42/h3,6,9-13,20-21H,4-5,7-8,14-16H2,1-2H3,(H2,33,34,35,36)/t20?,21-/m1/s1. The van der Waals surface area contributed by atoms with Crippen LogP contribution >= 0.6 is 18.7 Å². The smallest absolute Gasteiger partial charge is 0.414 e. The van der Waals surface area contributed by atoms with Crippen molar-refractivity contribution in [1.29, 1.82) is 0 Å². The molecule has 2 saturated heterocycles. The first kappa shape index (κ1) is 29.4. The molecule has 6 rings (SSSR count). The quantitative estimate of drug-likeness (QED) is 0.179. The highest BCUT2D eigenvalue weighted by atomic mass is 35.5. The number of nitrogens with zero attached hydrogens (tertiary/aromatic N) is 3. The molecule has 0 spiro atoms. The van der Waals surface area contributed by atoms with E-state index in [1.54, 1.807) is 0 Å². The highest BCUT2D eigenvalue weighted by Gasteiger charge is 2.44. The van der Waals surface area contributed by atoms with Crippen molar-refractivity contribution >= 4 is 56.2 Å². The highest BCUT2D eigenvalue weighted by molar-refractivity contribution is 7.70. The molecule has 223 valence electrons. The molecule has 2 bridgehead atoms. The molecule has 3 heterocycles. The van der Waals surface area contributed by atoms with Crippen LogP contribution in [0.1, 0.15) is 24.0 Å². The van der Waals surface area contributed by atoms with E-state index >= 15 is 0 Å². The summed E-state index contributed by atoms with van der Waals surface area (Å²) in [5.74, 6) is 0.0537. The number of nitrogens with one attached hydrogen (secondary N) is 2. The molecular weight excluding hydrogens is 606 g/mol. The summed E-state index contributed by atoms with van der Waals surface area (Å²) >= 11 is 6.37. The summed E-state index contributed by atoms with van der Waals surface area (Å²) in [5.41, 5.74) is 3.84. The van der Waals surface area contributed by atoms with Crippen molar-refractivity contribution in [2.75, 3.05) is 36.7 Å². The monoisotopic (exact) mass is 636 g/mol. The molecular formula is C28H31ClF3N5O3PSi. The first-order valence-electron chi connectivity index (χ1n) is 13.8. The van der Waals surface area contributed by atoms with E-state index < -0.39 is 28.3 Å². The van der Waals surface area contributed by atoms with E-state index in [4.69, 9.17) is 16.0 Å².